The van der Waals surface area contributed by atoms with Gasteiger partial charge in [0.25, 0.3) is 0 Å². The van der Waals surface area contributed by atoms with Crippen molar-refractivity contribution in [2.45, 2.75) is 44.9 Å². The van der Waals surface area contributed by atoms with E-state index in [9.17, 15) is 9.59 Å². The maximum Gasteiger partial charge on any atom is 0.250 e. The van der Waals surface area contributed by atoms with E-state index < -0.39 is 12.1 Å². The summed E-state index contributed by atoms with van der Waals surface area (Å²) in [6.45, 7) is 4.63. The molecule has 5 heteroatoms. The Morgan fingerprint density at radius 1 is 1.27 bits per heavy atom. The molecule has 0 aromatic heterocycles. The van der Waals surface area contributed by atoms with Gasteiger partial charge < -0.3 is 15.0 Å². The number of hydrogen-bond donors (Lipinski definition) is 1. The first-order chi connectivity index (χ1) is 10.6. The predicted octanol–water partition coefficient (Wildman–Crippen LogP) is 1.72. The summed E-state index contributed by atoms with van der Waals surface area (Å²) >= 11 is 0. The number of nitrogens with one attached hydrogen (secondary N) is 1. The molecule has 2 fully saturated rings. The molecule has 2 heterocycles. The second-order valence-electron chi connectivity index (χ2n) is 6.25. The van der Waals surface area contributed by atoms with Crippen LogP contribution in [0.1, 0.15) is 26.7 Å². The Labute approximate surface area is 130 Å². The largest absolute Gasteiger partial charge is 0.368 e. The zero-order valence-corrected chi connectivity index (χ0v) is 13.0. The molecule has 0 radical (unpaired) electrons. The van der Waals surface area contributed by atoms with Crippen LogP contribution in [0.25, 0.3) is 0 Å². The molecule has 0 unspecified atom stereocenters. The number of nitrogens with zero attached hydrogens (tertiary/aromatic N) is 1. The minimum atomic E-state index is -0.459. The normalized spacial score (nSPS) is 31.5. The lowest BCUT2D eigenvalue weighted by Gasteiger charge is -2.22. The van der Waals surface area contributed by atoms with Gasteiger partial charge in [0.2, 0.25) is 11.8 Å². The van der Waals surface area contributed by atoms with Crippen molar-refractivity contribution in [2.75, 3.05) is 11.5 Å². The van der Waals surface area contributed by atoms with Crippen LogP contribution in [0, 0.1) is 5.92 Å². The Kier molecular flexibility index (Phi) is 4.16. The lowest BCUT2D eigenvalue weighted by Crippen LogP contribution is -2.46. The molecule has 2 saturated heterocycles. The van der Waals surface area contributed by atoms with Crippen LogP contribution >= 0.6 is 0 Å². The third-order valence-corrected chi connectivity index (χ3v) is 4.55. The van der Waals surface area contributed by atoms with Crippen molar-refractivity contribution in [1.82, 2.24) is 5.32 Å². The smallest absolute Gasteiger partial charge is 0.250 e. The molecule has 3 rings (SSSR count). The maximum atomic E-state index is 12.6. The minimum absolute atomic E-state index is 0.0438. The van der Waals surface area contributed by atoms with Crippen LogP contribution < -0.4 is 10.2 Å². The summed E-state index contributed by atoms with van der Waals surface area (Å²) in [6.07, 6.45) is 1.10. The fourth-order valence-electron chi connectivity index (χ4n) is 3.31. The summed E-state index contributed by atoms with van der Waals surface area (Å²) in [5.74, 6) is 0.00215. The van der Waals surface area contributed by atoms with E-state index in [0.717, 1.165) is 12.1 Å². The number of para-hydroxylation sites is 1. The molecule has 22 heavy (non-hydrogen) atoms. The molecule has 1 aromatic carbocycles. The second kappa shape index (κ2) is 6.08. The molecule has 2 aliphatic rings. The summed E-state index contributed by atoms with van der Waals surface area (Å²) in [5.41, 5.74) is 0.877. The van der Waals surface area contributed by atoms with E-state index in [1.807, 2.05) is 44.2 Å². The zero-order chi connectivity index (χ0) is 15.7. The Morgan fingerprint density at radius 3 is 2.64 bits per heavy atom. The number of anilines is 1. The number of carbonyl (C=O) groups is 2. The van der Waals surface area contributed by atoms with Gasteiger partial charge in [-0.2, -0.15) is 0 Å². The van der Waals surface area contributed by atoms with Crippen molar-refractivity contribution in [2.24, 2.45) is 5.92 Å². The molecule has 5 nitrogen and oxygen atoms in total. The Balaban J connectivity index is 1.69. The Morgan fingerprint density at radius 2 is 2.00 bits per heavy atom. The number of rotatable bonds is 3. The van der Waals surface area contributed by atoms with E-state index in [4.69, 9.17) is 4.74 Å². The molecule has 0 aliphatic carbocycles. The molecule has 1 N–H and O–H groups in total. The third kappa shape index (κ3) is 2.73. The number of hydrogen-bond acceptors (Lipinski definition) is 3. The van der Waals surface area contributed by atoms with Crippen LogP contribution in [0.5, 0.6) is 0 Å². The quantitative estimate of drug-likeness (QED) is 0.925. The van der Waals surface area contributed by atoms with Gasteiger partial charge in [-0.25, -0.2) is 0 Å². The number of amides is 2. The number of benzene rings is 1. The topological polar surface area (TPSA) is 58.6 Å². The van der Waals surface area contributed by atoms with Gasteiger partial charge in [0, 0.05) is 18.3 Å². The van der Waals surface area contributed by atoms with Crippen LogP contribution in [0.4, 0.5) is 5.69 Å². The standard InChI is InChI=1S/C17H22N2O3/c1-11-8-9-22-15(11)16(20)18-14-10-12(2)19(17(14)21)13-6-4-3-5-7-13/h3-7,11-12,14-15H,8-10H2,1-2H3,(H,18,20)/t11-,12-,14-,15+/m1/s1. The fourth-order valence-corrected chi connectivity index (χ4v) is 3.31. The van der Waals surface area contributed by atoms with E-state index in [-0.39, 0.29) is 23.8 Å². The molecule has 2 amide bonds. The summed E-state index contributed by atoms with van der Waals surface area (Å²) in [4.78, 5) is 26.7. The molecular formula is C17H22N2O3. The van der Waals surface area contributed by atoms with Crippen LogP contribution in [0.2, 0.25) is 0 Å². The third-order valence-electron chi connectivity index (χ3n) is 4.55. The molecule has 0 saturated carbocycles. The van der Waals surface area contributed by atoms with Crippen molar-refractivity contribution in [3.8, 4) is 0 Å². The van der Waals surface area contributed by atoms with Crippen LogP contribution in [-0.2, 0) is 14.3 Å². The van der Waals surface area contributed by atoms with Gasteiger partial charge in [0.05, 0.1) is 0 Å². The molecule has 0 bridgehead atoms. The maximum absolute atomic E-state index is 12.6. The number of ether oxygens (including phenoxy) is 1. The van der Waals surface area contributed by atoms with Gasteiger partial charge >= 0.3 is 0 Å². The van der Waals surface area contributed by atoms with E-state index in [1.165, 1.54) is 0 Å². The number of carbonyl (C=O) groups excluding carboxylic acids is 2. The lowest BCUT2D eigenvalue weighted by atomic mass is 10.0. The average molecular weight is 302 g/mol. The van der Waals surface area contributed by atoms with Crippen molar-refractivity contribution >= 4 is 17.5 Å². The Hall–Kier alpha value is -1.88. The van der Waals surface area contributed by atoms with Gasteiger partial charge in [-0.3, -0.25) is 9.59 Å². The summed E-state index contributed by atoms with van der Waals surface area (Å²) < 4.78 is 5.47. The molecule has 4 atom stereocenters. The van der Waals surface area contributed by atoms with Crippen molar-refractivity contribution in [1.29, 1.82) is 0 Å². The van der Waals surface area contributed by atoms with Crippen molar-refractivity contribution < 1.29 is 14.3 Å². The first kappa shape index (κ1) is 15.0. The molecular weight excluding hydrogens is 280 g/mol. The SMILES string of the molecule is C[C@@H]1CCO[C@@H]1C(=O)N[C@@H]1C[C@@H](C)N(c2ccccc2)C1=O. The second-order valence-corrected chi connectivity index (χ2v) is 6.25. The van der Waals surface area contributed by atoms with Crippen molar-refractivity contribution in [3.63, 3.8) is 0 Å². The van der Waals surface area contributed by atoms with Gasteiger partial charge in [0.15, 0.2) is 0 Å². The van der Waals surface area contributed by atoms with Gasteiger partial charge in [-0.05, 0) is 37.8 Å². The molecule has 2 aliphatic heterocycles. The molecule has 0 spiro atoms. The van der Waals surface area contributed by atoms with Crippen LogP contribution in [0.15, 0.2) is 30.3 Å². The van der Waals surface area contributed by atoms with Crippen molar-refractivity contribution in [3.05, 3.63) is 30.3 Å². The highest BCUT2D eigenvalue weighted by Gasteiger charge is 2.41. The lowest BCUT2D eigenvalue weighted by molar-refractivity contribution is -0.134. The van der Waals surface area contributed by atoms with Gasteiger partial charge in [-0.1, -0.05) is 25.1 Å². The van der Waals surface area contributed by atoms with E-state index in [0.29, 0.717) is 13.0 Å². The summed E-state index contributed by atoms with van der Waals surface area (Å²) in [7, 11) is 0. The first-order valence-electron chi connectivity index (χ1n) is 7.88. The Bertz CT molecular complexity index is 560. The summed E-state index contributed by atoms with van der Waals surface area (Å²) in [6, 6.07) is 9.19. The van der Waals surface area contributed by atoms with Gasteiger partial charge in [-0.15, -0.1) is 0 Å². The van der Waals surface area contributed by atoms with E-state index >= 15 is 0 Å². The highest BCUT2D eigenvalue weighted by Crippen LogP contribution is 2.27. The molecule has 1 aromatic rings. The van der Waals surface area contributed by atoms with Crippen LogP contribution in [0.3, 0.4) is 0 Å². The van der Waals surface area contributed by atoms with E-state index in [1.54, 1.807) is 4.90 Å². The summed E-state index contributed by atoms with van der Waals surface area (Å²) in [5, 5.41) is 2.88. The average Bonchev–Trinajstić information content (AvgIpc) is 3.04. The highest BCUT2D eigenvalue weighted by atomic mass is 16.5. The fraction of sp³-hybridized carbons (Fsp3) is 0.529. The molecule has 118 valence electrons. The highest BCUT2D eigenvalue weighted by molar-refractivity contribution is 6.02. The zero-order valence-electron chi connectivity index (χ0n) is 13.0. The van der Waals surface area contributed by atoms with Gasteiger partial charge in [0.1, 0.15) is 12.1 Å². The predicted molar refractivity (Wildman–Crippen MR) is 83.5 cm³/mol. The van der Waals surface area contributed by atoms with Crippen LogP contribution in [-0.4, -0.2) is 36.6 Å². The minimum Gasteiger partial charge on any atom is -0.368 e. The van der Waals surface area contributed by atoms with E-state index in [2.05, 4.69) is 5.32 Å². The first-order valence-corrected chi connectivity index (χ1v) is 7.88. The monoisotopic (exact) mass is 302 g/mol.